The molecule has 208 valence electrons. The number of carbonyl (C=O) groups excluding carboxylic acids is 1. The molecule has 0 fully saturated rings. The Morgan fingerprint density at radius 2 is 1.79 bits per heavy atom. The number of ether oxygens (including phenoxy) is 2. The van der Waals surface area contributed by atoms with Crippen LogP contribution in [0.4, 0.5) is 13.2 Å². The first-order valence-corrected chi connectivity index (χ1v) is 13.0. The van der Waals surface area contributed by atoms with E-state index in [2.05, 4.69) is 15.5 Å². The number of hydrogen-bond acceptors (Lipinski definition) is 6. The van der Waals surface area contributed by atoms with E-state index >= 15 is 0 Å². The van der Waals surface area contributed by atoms with Crippen molar-refractivity contribution in [2.45, 2.75) is 70.9 Å². The Bertz CT molecular complexity index is 1280. The van der Waals surface area contributed by atoms with Crippen LogP contribution in [-0.4, -0.2) is 34.5 Å². The monoisotopic (exact) mass is 541 g/mol. The third kappa shape index (κ3) is 7.86. The summed E-state index contributed by atoms with van der Waals surface area (Å²) in [5, 5.41) is 11.7. The zero-order chi connectivity index (χ0) is 28.2. The molecule has 9 heteroatoms. The summed E-state index contributed by atoms with van der Waals surface area (Å²) in [6.07, 6.45) is -3.44. The Morgan fingerprint density at radius 1 is 1.05 bits per heavy atom. The van der Waals surface area contributed by atoms with E-state index in [1.54, 1.807) is 12.1 Å². The Morgan fingerprint density at radius 3 is 2.49 bits per heavy atom. The van der Waals surface area contributed by atoms with Crippen LogP contribution in [0.25, 0.3) is 11.3 Å². The average Bonchev–Trinajstić information content (AvgIpc) is 2.87. The molecule has 3 aromatic rings. The number of fused-ring (bicyclic) bond motifs is 1. The van der Waals surface area contributed by atoms with Gasteiger partial charge in [-0.25, -0.2) is 0 Å². The van der Waals surface area contributed by atoms with Gasteiger partial charge in [-0.15, -0.1) is 0 Å². The number of halogens is 3. The summed E-state index contributed by atoms with van der Waals surface area (Å²) in [6, 6.07) is 15.7. The molecule has 1 aromatic heterocycles. The van der Waals surface area contributed by atoms with Gasteiger partial charge in [0.25, 0.3) is 0 Å². The largest absolute Gasteiger partial charge is 0.456 e. The molecule has 0 aliphatic heterocycles. The highest BCUT2D eigenvalue weighted by Crippen LogP contribution is 2.37. The molecule has 3 atom stereocenters. The van der Waals surface area contributed by atoms with Gasteiger partial charge in [-0.1, -0.05) is 49.4 Å². The van der Waals surface area contributed by atoms with Crippen LogP contribution < -0.4 is 5.32 Å². The fourth-order valence-corrected chi connectivity index (χ4v) is 4.55. The van der Waals surface area contributed by atoms with Gasteiger partial charge in [0.15, 0.2) is 0 Å². The van der Waals surface area contributed by atoms with Gasteiger partial charge in [-0.2, -0.15) is 23.4 Å². The summed E-state index contributed by atoms with van der Waals surface area (Å²) in [7, 11) is 0. The van der Waals surface area contributed by atoms with Crippen molar-refractivity contribution in [1.82, 2.24) is 15.5 Å². The fraction of sp³-hybridized carbons (Fsp3) is 0.433. The van der Waals surface area contributed by atoms with Gasteiger partial charge < -0.3 is 9.47 Å². The van der Waals surface area contributed by atoms with E-state index in [0.717, 1.165) is 17.7 Å². The molecule has 39 heavy (non-hydrogen) atoms. The molecule has 1 aliphatic carbocycles. The molecule has 0 saturated carbocycles. The summed E-state index contributed by atoms with van der Waals surface area (Å²) in [6.45, 7) is 8.01. The molecule has 1 N–H and O–H groups in total. The zero-order valence-corrected chi connectivity index (χ0v) is 22.6. The quantitative estimate of drug-likeness (QED) is 0.266. The van der Waals surface area contributed by atoms with Crippen LogP contribution in [0.1, 0.15) is 62.6 Å². The molecular weight excluding hydrogens is 507 g/mol. The minimum atomic E-state index is -4.47. The summed E-state index contributed by atoms with van der Waals surface area (Å²) < 4.78 is 51.7. The molecule has 0 radical (unpaired) electrons. The fourth-order valence-electron chi connectivity index (χ4n) is 4.55. The third-order valence-corrected chi connectivity index (χ3v) is 6.56. The SMILES string of the molecule is C[C@H]1Cc2nnc(-c3cccc(C(F)(F)F)c3)cc2[C@@H](OC(=O)[C@@H](Cc2ccccc2)NCOC(C)(C)C)C1. The van der Waals surface area contributed by atoms with Crippen LogP contribution in [0.5, 0.6) is 0 Å². The summed E-state index contributed by atoms with van der Waals surface area (Å²) >= 11 is 0. The van der Waals surface area contributed by atoms with Crippen LogP contribution in [0, 0.1) is 5.92 Å². The number of rotatable bonds is 8. The molecule has 1 heterocycles. The first kappa shape index (κ1) is 28.7. The summed E-state index contributed by atoms with van der Waals surface area (Å²) in [5.74, 6) is -0.243. The number of hydrogen-bond donors (Lipinski definition) is 1. The minimum Gasteiger partial charge on any atom is -0.456 e. The van der Waals surface area contributed by atoms with E-state index in [9.17, 15) is 18.0 Å². The van der Waals surface area contributed by atoms with Crippen LogP contribution in [-0.2, 0) is 33.3 Å². The highest BCUT2D eigenvalue weighted by molar-refractivity contribution is 5.76. The number of esters is 1. The topological polar surface area (TPSA) is 73.3 Å². The Labute approximate surface area is 226 Å². The summed E-state index contributed by atoms with van der Waals surface area (Å²) in [5.41, 5.74) is 1.78. The summed E-state index contributed by atoms with van der Waals surface area (Å²) in [4.78, 5) is 13.5. The van der Waals surface area contributed by atoms with E-state index < -0.39 is 29.9 Å². The van der Waals surface area contributed by atoms with Crippen molar-refractivity contribution in [2.75, 3.05) is 6.73 Å². The lowest BCUT2D eigenvalue weighted by atomic mass is 9.85. The molecule has 0 bridgehead atoms. The van der Waals surface area contributed by atoms with E-state index in [0.29, 0.717) is 41.8 Å². The van der Waals surface area contributed by atoms with Crippen LogP contribution in [0.3, 0.4) is 0 Å². The molecule has 6 nitrogen and oxygen atoms in total. The Hall–Kier alpha value is -3.30. The van der Waals surface area contributed by atoms with Crippen molar-refractivity contribution >= 4 is 5.97 Å². The Kier molecular flexibility index (Phi) is 8.71. The molecule has 2 aromatic carbocycles. The highest BCUT2D eigenvalue weighted by Gasteiger charge is 2.33. The number of nitrogens with zero attached hydrogens (tertiary/aromatic N) is 2. The predicted molar refractivity (Wildman–Crippen MR) is 142 cm³/mol. The van der Waals surface area contributed by atoms with Crippen molar-refractivity contribution < 1.29 is 27.4 Å². The lowest BCUT2D eigenvalue weighted by Crippen LogP contribution is -2.43. The average molecular weight is 542 g/mol. The molecular formula is C30H34F3N3O3. The van der Waals surface area contributed by atoms with Gasteiger partial charge in [0.05, 0.1) is 29.3 Å². The number of aromatic nitrogens is 2. The van der Waals surface area contributed by atoms with Gasteiger partial charge in [-0.05, 0) is 69.7 Å². The third-order valence-electron chi connectivity index (χ3n) is 6.56. The molecule has 0 amide bonds. The van der Waals surface area contributed by atoms with Gasteiger partial charge in [-0.3, -0.25) is 10.1 Å². The Balaban J connectivity index is 1.58. The predicted octanol–water partition coefficient (Wildman–Crippen LogP) is 6.30. The van der Waals surface area contributed by atoms with Crippen molar-refractivity contribution in [2.24, 2.45) is 5.92 Å². The molecule has 0 saturated heterocycles. The minimum absolute atomic E-state index is 0.166. The number of benzene rings is 2. The van der Waals surface area contributed by atoms with E-state index in [1.165, 1.54) is 6.07 Å². The standard InChI is InChI=1S/C30H34F3N3O3/c1-19-13-25-23(17-24(35-36-25)21-11-8-12-22(16-21)30(31,32)33)27(14-19)39-28(37)26(34-18-38-29(2,3)4)15-20-9-6-5-7-10-20/h5-12,16-17,19,26-27,34H,13-15,18H2,1-4H3/t19-,26+,27-/m0/s1. The number of carbonyl (C=O) groups is 1. The molecule has 0 unspecified atom stereocenters. The lowest BCUT2D eigenvalue weighted by molar-refractivity contribution is -0.154. The van der Waals surface area contributed by atoms with E-state index in [-0.39, 0.29) is 18.2 Å². The number of alkyl halides is 3. The maximum absolute atomic E-state index is 13.5. The maximum Gasteiger partial charge on any atom is 0.416 e. The first-order chi connectivity index (χ1) is 18.4. The van der Waals surface area contributed by atoms with Crippen LogP contribution >= 0.6 is 0 Å². The number of nitrogens with one attached hydrogen (secondary N) is 1. The second kappa shape index (κ2) is 11.8. The first-order valence-electron chi connectivity index (χ1n) is 13.0. The van der Waals surface area contributed by atoms with Crippen molar-refractivity contribution in [3.8, 4) is 11.3 Å². The molecule has 4 rings (SSSR count). The molecule has 0 spiro atoms. The lowest BCUT2D eigenvalue weighted by Gasteiger charge is -2.30. The zero-order valence-electron chi connectivity index (χ0n) is 22.6. The van der Waals surface area contributed by atoms with E-state index in [1.807, 2.05) is 58.0 Å². The van der Waals surface area contributed by atoms with Gasteiger partial charge in [0.1, 0.15) is 12.1 Å². The van der Waals surface area contributed by atoms with Crippen LogP contribution in [0.2, 0.25) is 0 Å². The van der Waals surface area contributed by atoms with Gasteiger partial charge in [0, 0.05) is 11.1 Å². The van der Waals surface area contributed by atoms with Crippen molar-refractivity contribution in [3.63, 3.8) is 0 Å². The van der Waals surface area contributed by atoms with Crippen molar-refractivity contribution in [1.29, 1.82) is 0 Å². The normalized spacial score (nSPS) is 18.3. The molecule has 1 aliphatic rings. The highest BCUT2D eigenvalue weighted by atomic mass is 19.4. The second-order valence-electron chi connectivity index (χ2n) is 11.0. The smallest absolute Gasteiger partial charge is 0.416 e. The van der Waals surface area contributed by atoms with Crippen molar-refractivity contribution in [3.05, 3.63) is 83.0 Å². The van der Waals surface area contributed by atoms with Gasteiger partial charge in [0.2, 0.25) is 0 Å². The second-order valence-corrected chi connectivity index (χ2v) is 11.0. The maximum atomic E-state index is 13.5. The van der Waals surface area contributed by atoms with E-state index in [4.69, 9.17) is 9.47 Å². The van der Waals surface area contributed by atoms with Crippen LogP contribution in [0.15, 0.2) is 60.7 Å². The van der Waals surface area contributed by atoms with Gasteiger partial charge >= 0.3 is 12.1 Å².